The molecule has 0 saturated carbocycles. The van der Waals surface area contributed by atoms with Crippen molar-refractivity contribution in [3.8, 4) is 11.5 Å². The number of nitrogens with one attached hydrogen (secondary N) is 2. The molecule has 0 aliphatic heterocycles. The predicted molar refractivity (Wildman–Crippen MR) is 125 cm³/mol. The quantitative estimate of drug-likeness (QED) is 0.272. The van der Waals surface area contributed by atoms with Gasteiger partial charge in [0.05, 0.1) is 25.4 Å². The summed E-state index contributed by atoms with van der Waals surface area (Å²) in [5.74, 6) is 0.868. The first-order valence-corrected chi connectivity index (χ1v) is 9.71. The Labute approximate surface area is 181 Å². The van der Waals surface area contributed by atoms with Crippen molar-refractivity contribution in [2.45, 2.75) is 20.8 Å². The smallest absolute Gasteiger partial charge is 0.272 e. The van der Waals surface area contributed by atoms with E-state index in [0.717, 1.165) is 16.5 Å². The van der Waals surface area contributed by atoms with Crippen molar-refractivity contribution in [2.24, 2.45) is 21.7 Å². The van der Waals surface area contributed by atoms with Gasteiger partial charge in [0.15, 0.2) is 0 Å². The number of carbonyl (C=O) groups excluding carboxylic acids is 1. The van der Waals surface area contributed by atoms with E-state index in [-0.39, 0.29) is 11.9 Å². The molecule has 31 heavy (non-hydrogen) atoms. The zero-order valence-corrected chi connectivity index (χ0v) is 18.3. The van der Waals surface area contributed by atoms with Gasteiger partial charge in [-0.05, 0) is 30.7 Å². The van der Waals surface area contributed by atoms with Crippen LogP contribution in [0.15, 0.2) is 52.7 Å². The number of nitrogens with zero attached hydrogens (tertiary/aromatic N) is 2. The number of guanidine groups is 1. The first-order valence-electron chi connectivity index (χ1n) is 9.71. The second kappa shape index (κ2) is 10.7. The maximum atomic E-state index is 12.7. The van der Waals surface area contributed by atoms with E-state index in [4.69, 9.17) is 20.9 Å². The molecule has 0 aliphatic carbocycles. The first-order chi connectivity index (χ1) is 14.9. The van der Waals surface area contributed by atoms with Gasteiger partial charge >= 0.3 is 0 Å². The first kappa shape index (κ1) is 23.3. The molecule has 1 heterocycles. The number of nitrogens with two attached hydrogens (primary N) is 2. The van der Waals surface area contributed by atoms with E-state index in [1.165, 1.54) is 0 Å². The molecular weight excluding hydrogens is 396 g/mol. The third-order valence-electron chi connectivity index (χ3n) is 4.25. The molecule has 0 radical (unpaired) electrons. The minimum atomic E-state index is -0.277. The van der Waals surface area contributed by atoms with Gasteiger partial charge < -0.3 is 31.2 Å². The molecule has 1 amide bonds. The molecule has 1 aromatic heterocycles. The SMILES string of the molecule is CC.COc1cc(OC)c2cc(C(=O)Nc3ccc(/C(C)=N/N=C(N)N)cc3)[nH]c2c1. The van der Waals surface area contributed by atoms with Crippen molar-refractivity contribution in [3.63, 3.8) is 0 Å². The number of benzene rings is 2. The molecule has 9 heteroatoms. The van der Waals surface area contributed by atoms with Gasteiger partial charge in [-0.1, -0.05) is 26.0 Å². The second-order valence-electron chi connectivity index (χ2n) is 6.22. The van der Waals surface area contributed by atoms with Gasteiger partial charge in [0.2, 0.25) is 5.96 Å². The van der Waals surface area contributed by atoms with E-state index in [2.05, 4.69) is 20.5 Å². The summed E-state index contributed by atoms with van der Waals surface area (Å²) in [5.41, 5.74) is 13.8. The average molecular weight is 425 g/mol. The average Bonchev–Trinajstić information content (AvgIpc) is 3.23. The highest BCUT2D eigenvalue weighted by molar-refractivity contribution is 6.07. The highest BCUT2D eigenvalue weighted by Crippen LogP contribution is 2.31. The van der Waals surface area contributed by atoms with Gasteiger partial charge in [0, 0.05) is 23.2 Å². The third-order valence-corrected chi connectivity index (χ3v) is 4.25. The molecule has 0 spiro atoms. The lowest BCUT2D eigenvalue weighted by Gasteiger charge is -2.05. The number of hydrogen-bond acceptors (Lipinski definition) is 5. The van der Waals surface area contributed by atoms with Crippen LogP contribution in [0, 0.1) is 0 Å². The highest BCUT2D eigenvalue weighted by Gasteiger charge is 2.14. The molecule has 0 bridgehead atoms. The molecule has 0 saturated heterocycles. The summed E-state index contributed by atoms with van der Waals surface area (Å²) >= 11 is 0. The number of aromatic amines is 1. The molecule has 0 fully saturated rings. The van der Waals surface area contributed by atoms with Gasteiger partial charge in [-0.2, -0.15) is 5.10 Å². The Kier molecular flexibility index (Phi) is 8.01. The molecule has 9 nitrogen and oxygen atoms in total. The molecule has 3 aromatic rings. The summed E-state index contributed by atoms with van der Waals surface area (Å²) in [6, 6.07) is 12.5. The molecule has 164 valence electrons. The maximum Gasteiger partial charge on any atom is 0.272 e. The minimum absolute atomic E-state index is 0.110. The topological polar surface area (TPSA) is 140 Å². The fourth-order valence-corrected chi connectivity index (χ4v) is 2.77. The second-order valence-corrected chi connectivity index (χ2v) is 6.22. The van der Waals surface area contributed by atoms with Crippen molar-refractivity contribution in [3.05, 3.63) is 53.7 Å². The van der Waals surface area contributed by atoms with Gasteiger partial charge in [-0.3, -0.25) is 4.79 Å². The lowest BCUT2D eigenvalue weighted by Crippen LogP contribution is -2.22. The Hall–Kier alpha value is -4.01. The van der Waals surface area contributed by atoms with E-state index in [0.29, 0.717) is 28.6 Å². The lowest BCUT2D eigenvalue weighted by molar-refractivity contribution is 0.102. The van der Waals surface area contributed by atoms with Crippen LogP contribution in [0.25, 0.3) is 10.9 Å². The molecule has 0 aliphatic rings. The summed E-state index contributed by atoms with van der Waals surface area (Å²) in [4.78, 5) is 15.7. The van der Waals surface area contributed by atoms with E-state index < -0.39 is 0 Å². The van der Waals surface area contributed by atoms with E-state index in [1.54, 1.807) is 45.4 Å². The van der Waals surface area contributed by atoms with Crippen molar-refractivity contribution in [1.82, 2.24) is 4.98 Å². The van der Waals surface area contributed by atoms with Crippen LogP contribution in [0.1, 0.15) is 36.8 Å². The molecule has 6 N–H and O–H groups in total. The fourth-order valence-electron chi connectivity index (χ4n) is 2.77. The minimum Gasteiger partial charge on any atom is -0.497 e. The molecule has 0 atom stereocenters. The Bertz CT molecular complexity index is 1100. The van der Waals surface area contributed by atoms with Crippen molar-refractivity contribution in [2.75, 3.05) is 19.5 Å². The van der Waals surface area contributed by atoms with E-state index in [1.807, 2.05) is 32.0 Å². The normalized spacial score (nSPS) is 10.7. The van der Waals surface area contributed by atoms with Crippen LogP contribution in [-0.4, -0.2) is 36.8 Å². The Balaban J connectivity index is 0.00000166. The lowest BCUT2D eigenvalue weighted by atomic mass is 10.1. The zero-order chi connectivity index (χ0) is 23.0. The van der Waals surface area contributed by atoms with Crippen LogP contribution < -0.4 is 26.3 Å². The van der Waals surface area contributed by atoms with Gasteiger partial charge in [0.1, 0.15) is 17.2 Å². The summed E-state index contributed by atoms with van der Waals surface area (Å²) in [6.07, 6.45) is 0. The monoisotopic (exact) mass is 424 g/mol. The number of fused-ring (bicyclic) bond motifs is 1. The van der Waals surface area contributed by atoms with E-state index >= 15 is 0 Å². The Morgan fingerprint density at radius 2 is 1.68 bits per heavy atom. The van der Waals surface area contributed by atoms with Gasteiger partial charge in [0.25, 0.3) is 5.91 Å². The van der Waals surface area contributed by atoms with Crippen molar-refractivity contribution in [1.29, 1.82) is 0 Å². The number of ether oxygens (including phenoxy) is 2. The van der Waals surface area contributed by atoms with Crippen LogP contribution in [0.4, 0.5) is 5.69 Å². The van der Waals surface area contributed by atoms with E-state index in [9.17, 15) is 4.79 Å². The van der Waals surface area contributed by atoms with Crippen LogP contribution in [0.5, 0.6) is 11.5 Å². The number of H-pyrrole nitrogens is 1. The molecule has 2 aromatic carbocycles. The number of hydrogen-bond donors (Lipinski definition) is 4. The predicted octanol–water partition coefficient (Wildman–Crippen LogP) is 3.46. The van der Waals surface area contributed by atoms with Crippen LogP contribution >= 0.6 is 0 Å². The number of anilines is 1. The highest BCUT2D eigenvalue weighted by atomic mass is 16.5. The summed E-state index contributed by atoms with van der Waals surface area (Å²) in [5, 5.41) is 11.2. The van der Waals surface area contributed by atoms with Gasteiger partial charge in [-0.15, -0.1) is 5.10 Å². The maximum absolute atomic E-state index is 12.7. The van der Waals surface area contributed by atoms with Crippen molar-refractivity contribution < 1.29 is 14.3 Å². The Morgan fingerprint density at radius 3 is 2.26 bits per heavy atom. The van der Waals surface area contributed by atoms with Crippen molar-refractivity contribution >= 4 is 34.2 Å². The largest absolute Gasteiger partial charge is 0.497 e. The number of carbonyl (C=O) groups is 1. The van der Waals surface area contributed by atoms with Gasteiger partial charge in [-0.25, -0.2) is 0 Å². The number of rotatable bonds is 6. The summed E-state index contributed by atoms with van der Waals surface area (Å²) < 4.78 is 10.6. The molecule has 0 unspecified atom stereocenters. The molecular formula is C22H28N6O3. The van der Waals surface area contributed by atoms with Crippen LogP contribution in [-0.2, 0) is 0 Å². The van der Waals surface area contributed by atoms with Crippen LogP contribution in [0.2, 0.25) is 0 Å². The third kappa shape index (κ3) is 5.75. The summed E-state index contributed by atoms with van der Waals surface area (Å²) in [6.45, 7) is 5.78. The van der Waals surface area contributed by atoms with Crippen LogP contribution in [0.3, 0.4) is 0 Å². The fraction of sp³-hybridized carbons (Fsp3) is 0.227. The standard InChI is InChI=1S/C20H22N6O3.C2H6/c1-11(25-26-20(21)22)12-4-6-13(7-5-12)23-19(27)17-10-15-16(24-17)8-14(28-2)9-18(15)29-3;1-2/h4-10,24H,1-3H3,(H,23,27)(H4,21,22,26);1-2H3/b25-11+;. The number of amides is 1. The number of aromatic nitrogens is 1. The number of methoxy groups -OCH3 is 2. The Morgan fingerprint density at radius 1 is 1.00 bits per heavy atom. The summed E-state index contributed by atoms with van der Waals surface area (Å²) in [7, 11) is 3.14. The zero-order valence-electron chi connectivity index (χ0n) is 18.3. The molecule has 3 rings (SSSR count).